The Balaban J connectivity index is 1.61. The zero-order valence-electron chi connectivity index (χ0n) is 19.4. The van der Waals surface area contributed by atoms with Gasteiger partial charge in [-0.25, -0.2) is 13.1 Å². The number of benzene rings is 1. The number of amides is 1. The van der Waals surface area contributed by atoms with E-state index < -0.39 is 22.1 Å². The molecule has 0 saturated heterocycles. The molecule has 13 heteroatoms. The van der Waals surface area contributed by atoms with Gasteiger partial charge in [0.2, 0.25) is 0 Å². The third kappa shape index (κ3) is 7.97. The van der Waals surface area contributed by atoms with E-state index in [1.165, 1.54) is 6.07 Å². The zero-order valence-corrected chi connectivity index (χ0v) is 21.0. The van der Waals surface area contributed by atoms with Crippen LogP contribution in [-0.2, 0) is 10.0 Å². The summed E-state index contributed by atoms with van der Waals surface area (Å²) in [6.45, 7) is 0.471. The standard InChI is InChI=1S/C23H28ClF3N4O4S/c24-18-14-17(15-21(16-18)35-13-11-29-19-6-9-28-10-7-19)22(32)31(20-4-1-2-5-20)12-3-8-30-36(33,34)23(25,26)27/h6-7,9-10,14-16,20,30H,1-5,8,11-13H2,(H,28,29). The molecule has 198 valence electrons. The minimum absolute atomic E-state index is 0.0299. The first-order chi connectivity index (χ1) is 17.1. The van der Waals surface area contributed by atoms with E-state index >= 15 is 0 Å². The number of hydrogen-bond donors (Lipinski definition) is 2. The van der Waals surface area contributed by atoms with Crippen molar-refractivity contribution in [1.82, 2.24) is 14.6 Å². The summed E-state index contributed by atoms with van der Waals surface area (Å²) in [5, 5.41) is 3.49. The molecule has 1 aromatic carbocycles. The van der Waals surface area contributed by atoms with Crippen LogP contribution in [0.15, 0.2) is 42.7 Å². The van der Waals surface area contributed by atoms with Gasteiger partial charge in [0.15, 0.2) is 0 Å². The van der Waals surface area contributed by atoms with Crippen LogP contribution in [-0.4, -0.2) is 62.0 Å². The molecule has 1 aromatic heterocycles. The van der Waals surface area contributed by atoms with Gasteiger partial charge < -0.3 is 15.0 Å². The van der Waals surface area contributed by atoms with Crippen molar-refractivity contribution in [2.24, 2.45) is 0 Å². The van der Waals surface area contributed by atoms with E-state index in [0.29, 0.717) is 29.5 Å². The molecule has 1 heterocycles. The van der Waals surface area contributed by atoms with Gasteiger partial charge in [-0.05, 0) is 49.6 Å². The largest absolute Gasteiger partial charge is 0.511 e. The number of carbonyl (C=O) groups is 1. The van der Waals surface area contributed by atoms with E-state index in [1.54, 1.807) is 34.1 Å². The molecule has 3 rings (SSSR count). The van der Waals surface area contributed by atoms with Gasteiger partial charge in [0.25, 0.3) is 5.91 Å². The fourth-order valence-electron chi connectivity index (χ4n) is 3.97. The highest BCUT2D eigenvalue weighted by Crippen LogP contribution is 2.28. The second-order valence-electron chi connectivity index (χ2n) is 8.32. The molecule has 36 heavy (non-hydrogen) atoms. The molecule has 0 atom stereocenters. The number of pyridine rings is 1. The normalized spacial score (nSPS) is 14.6. The minimum Gasteiger partial charge on any atom is -0.492 e. The van der Waals surface area contributed by atoms with Gasteiger partial charge >= 0.3 is 15.5 Å². The maximum atomic E-state index is 13.4. The van der Waals surface area contributed by atoms with E-state index in [2.05, 4.69) is 10.3 Å². The van der Waals surface area contributed by atoms with Crippen LogP contribution in [0.25, 0.3) is 0 Å². The molecule has 0 radical (unpaired) electrons. The number of hydrogen-bond acceptors (Lipinski definition) is 6. The van der Waals surface area contributed by atoms with Gasteiger partial charge in [0.05, 0.1) is 0 Å². The van der Waals surface area contributed by atoms with E-state index in [-0.39, 0.29) is 24.9 Å². The summed E-state index contributed by atoms with van der Waals surface area (Å²) in [5.41, 5.74) is -4.19. The predicted octanol–water partition coefficient (Wildman–Crippen LogP) is 4.44. The second kappa shape index (κ2) is 12.6. The first-order valence-corrected chi connectivity index (χ1v) is 13.4. The van der Waals surface area contributed by atoms with Gasteiger partial charge in [-0.2, -0.15) is 13.2 Å². The number of carbonyl (C=O) groups excluding carboxylic acids is 1. The number of ether oxygens (including phenoxy) is 1. The molecule has 1 amide bonds. The van der Waals surface area contributed by atoms with Gasteiger partial charge in [-0.15, -0.1) is 0 Å². The second-order valence-corrected chi connectivity index (χ2v) is 10.5. The van der Waals surface area contributed by atoms with Crippen molar-refractivity contribution in [2.45, 2.75) is 43.7 Å². The molecule has 0 unspecified atom stereocenters. The van der Waals surface area contributed by atoms with Crippen LogP contribution in [0.2, 0.25) is 5.02 Å². The Kier molecular flexibility index (Phi) is 9.80. The highest BCUT2D eigenvalue weighted by atomic mass is 35.5. The van der Waals surface area contributed by atoms with E-state index in [4.69, 9.17) is 16.3 Å². The van der Waals surface area contributed by atoms with E-state index in [0.717, 1.165) is 31.4 Å². The van der Waals surface area contributed by atoms with Crippen molar-refractivity contribution < 1.29 is 31.1 Å². The average Bonchev–Trinajstić information content (AvgIpc) is 3.36. The lowest BCUT2D eigenvalue weighted by Gasteiger charge is -2.29. The monoisotopic (exact) mass is 548 g/mol. The quantitative estimate of drug-likeness (QED) is 0.380. The molecule has 0 bridgehead atoms. The molecule has 1 aliphatic rings. The number of nitrogens with zero attached hydrogens (tertiary/aromatic N) is 2. The summed E-state index contributed by atoms with van der Waals surface area (Å²) in [6.07, 6.45) is 6.77. The highest BCUT2D eigenvalue weighted by molar-refractivity contribution is 7.90. The number of rotatable bonds is 12. The third-order valence-corrected chi connectivity index (χ3v) is 7.11. The van der Waals surface area contributed by atoms with E-state index in [1.807, 2.05) is 12.1 Å². The lowest BCUT2D eigenvalue weighted by atomic mass is 10.1. The SMILES string of the molecule is O=C(c1cc(Cl)cc(OCCNc2ccncc2)c1)N(CCCNS(=O)(=O)C(F)(F)F)C1CCCC1. The van der Waals surface area contributed by atoms with Crippen LogP contribution in [0.3, 0.4) is 0 Å². The Morgan fingerprint density at radius 3 is 2.50 bits per heavy atom. The zero-order chi connectivity index (χ0) is 26.2. The molecule has 2 N–H and O–H groups in total. The fourth-order valence-corrected chi connectivity index (χ4v) is 4.77. The summed E-state index contributed by atoms with van der Waals surface area (Å²) in [6, 6.07) is 8.25. The Labute approximate surface area is 213 Å². The first-order valence-electron chi connectivity index (χ1n) is 11.5. The molecular formula is C23H28ClF3N4O4S. The smallest absolute Gasteiger partial charge is 0.492 e. The minimum atomic E-state index is -5.42. The lowest BCUT2D eigenvalue weighted by Crippen LogP contribution is -2.42. The predicted molar refractivity (Wildman–Crippen MR) is 131 cm³/mol. The third-order valence-electron chi connectivity index (χ3n) is 5.70. The van der Waals surface area contributed by atoms with Crippen molar-refractivity contribution in [3.63, 3.8) is 0 Å². The van der Waals surface area contributed by atoms with Gasteiger partial charge in [-0.1, -0.05) is 24.4 Å². The molecule has 1 saturated carbocycles. The molecule has 2 aromatic rings. The van der Waals surface area contributed by atoms with Crippen LogP contribution in [0.5, 0.6) is 5.75 Å². The van der Waals surface area contributed by atoms with Crippen LogP contribution < -0.4 is 14.8 Å². The van der Waals surface area contributed by atoms with Crippen molar-refractivity contribution in [2.75, 3.05) is 31.6 Å². The summed E-state index contributed by atoms with van der Waals surface area (Å²) in [7, 11) is -5.42. The average molecular weight is 549 g/mol. The highest BCUT2D eigenvalue weighted by Gasteiger charge is 2.45. The van der Waals surface area contributed by atoms with Crippen LogP contribution in [0, 0.1) is 0 Å². The van der Waals surface area contributed by atoms with Crippen molar-refractivity contribution in [3.8, 4) is 5.75 Å². The van der Waals surface area contributed by atoms with Crippen LogP contribution in [0.4, 0.5) is 18.9 Å². The molecule has 8 nitrogen and oxygen atoms in total. The molecule has 0 spiro atoms. The summed E-state index contributed by atoms with van der Waals surface area (Å²) in [4.78, 5) is 18.9. The topological polar surface area (TPSA) is 101 Å². The molecule has 0 aliphatic heterocycles. The summed E-state index contributed by atoms with van der Waals surface area (Å²) in [5.74, 6) is 0.0783. The fraction of sp³-hybridized carbons (Fsp3) is 0.478. The van der Waals surface area contributed by atoms with Crippen molar-refractivity contribution in [1.29, 1.82) is 0 Å². The lowest BCUT2D eigenvalue weighted by molar-refractivity contribution is -0.0448. The number of nitrogens with one attached hydrogen (secondary N) is 2. The van der Waals surface area contributed by atoms with Crippen molar-refractivity contribution in [3.05, 3.63) is 53.3 Å². The van der Waals surface area contributed by atoms with E-state index in [9.17, 15) is 26.4 Å². The Morgan fingerprint density at radius 2 is 1.83 bits per heavy atom. The first kappa shape index (κ1) is 28.0. The van der Waals surface area contributed by atoms with Crippen LogP contribution in [0.1, 0.15) is 42.5 Å². The molecular weight excluding hydrogens is 521 g/mol. The Bertz CT molecular complexity index is 1110. The number of aromatic nitrogens is 1. The molecule has 1 aliphatic carbocycles. The van der Waals surface area contributed by atoms with Crippen molar-refractivity contribution >= 4 is 33.2 Å². The van der Waals surface area contributed by atoms with Gasteiger partial charge in [0.1, 0.15) is 12.4 Å². The number of anilines is 1. The number of alkyl halides is 3. The Morgan fingerprint density at radius 1 is 1.14 bits per heavy atom. The number of halogens is 4. The van der Waals surface area contributed by atoms with Gasteiger partial charge in [0, 0.05) is 54.3 Å². The maximum Gasteiger partial charge on any atom is 0.511 e. The summed E-state index contributed by atoms with van der Waals surface area (Å²) < 4.78 is 67.4. The Hall–Kier alpha value is -2.57. The number of sulfonamides is 1. The summed E-state index contributed by atoms with van der Waals surface area (Å²) >= 11 is 6.23. The van der Waals surface area contributed by atoms with Gasteiger partial charge in [-0.3, -0.25) is 9.78 Å². The van der Waals surface area contributed by atoms with Crippen LogP contribution >= 0.6 is 11.6 Å². The molecule has 1 fully saturated rings. The maximum absolute atomic E-state index is 13.4.